The lowest BCUT2D eigenvalue weighted by atomic mass is 10.9. The van der Waals surface area contributed by atoms with Gasteiger partial charge in [0.15, 0.2) is 6.29 Å². The first-order valence-electron chi connectivity index (χ1n) is 3.36. The van der Waals surface area contributed by atoms with E-state index in [0.29, 0.717) is 13.2 Å². The van der Waals surface area contributed by atoms with Crippen LogP contribution in [0.25, 0.3) is 0 Å². The van der Waals surface area contributed by atoms with Crippen LogP contribution in [0.3, 0.4) is 0 Å². The summed E-state index contributed by atoms with van der Waals surface area (Å²) >= 11 is 0. The van der Waals surface area contributed by atoms with Crippen LogP contribution in [0, 0.1) is 0 Å². The smallest absolute Gasteiger partial charge is 0.384 e. The zero-order valence-corrected chi connectivity index (χ0v) is 8.53. The quantitative estimate of drug-likeness (QED) is 0.501. The molecule has 11 heavy (non-hydrogen) atoms. The summed E-state index contributed by atoms with van der Waals surface area (Å²) in [5.74, 6) is 0. The fourth-order valence-corrected chi connectivity index (χ4v) is 1.68. The van der Waals surface area contributed by atoms with Crippen molar-refractivity contribution < 1.29 is 31.8 Å². The summed E-state index contributed by atoms with van der Waals surface area (Å²) in [5, 5.41) is 0. The monoisotopic (exact) mass is 203 g/mol. The van der Waals surface area contributed by atoms with E-state index in [9.17, 15) is 4.57 Å². The third kappa shape index (κ3) is 5.65. The number of hydrogen-bond acceptors (Lipinski definition) is 3. The first kappa shape index (κ1) is 14.0. The van der Waals surface area contributed by atoms with Gasteiger partial charge in [-0.05, 0) is 13.8 Å². The van der Waals surface area contributed by atoms with Gasteiger partial charge in [-0.1, -0.05) is 0 Å². The topological polar surface area (TPSA) is 63.2 Å². The van der Waals surface area contributed by atoms with E-state index in [2.05, 4.69) is 5.73 Å². The van der Waals surface area contributed by atoms with Gasteiger partial charge in [0.05, 0.1) is 13.2 Å². The van der Waals surface area contributed by atoms with Crippen LogP contribution in [-0.2, 0) is 13.6 Å². The highest BCUT2D eigenvalue weighted by atomic mass is 35.5. The van der Waals surface area contributed by atoms with E-state index in [1.54, 1.807) is 13.8 Å². The average Bonchev–Trinajstić information content (AvgIpc) is 1.89. The normalized spacial score (nSPS) is 10.8. The number of halogens is 1. The summed E-state index contributed by atoms with van der Waals surface area (Å²) in [4.78, 5) is 0. The maximum absolute atomic E-state index is 11.3. The summed E-state index contributed by atoms with van der Waals surface area (Å²) in [6.07, 6.45) is 0.203. The van der Waals surface area contributed by atoms with Gasteiger partial charge in [0.2, 0.25) is 0 Å². The second-order valence-corrected chi connectivity index (χ2v) is 3.86. The summed E-state index contributed by atoms with van der Waals surface area (Å²) in [6, 6.07) is 0. The van der Waals surface area contributed by atoms with Crippen LogP contribution in [0.1, 0.15) is 13.8 Å². The predicted octanol–water partition coefficient (Wildman–Crippen LogP) is -2.54. The van der Waals surface area contributed by atoms with E-state index < -0.39 is 7.60 Å². The van der Waals surface area contributed by atoms with E-state index in [0.717, 1.165) is 0 Å². The molecule has 0 amide bonds. The molecule has 3 N–H and O–H groups in total. The van der Waals surface area contributed by atoms with Crippen molar-refractivity contribution in [2.75, 3.05) is 19.5 Å². The van der Waals surface area contributed by atoms with Crippen LogP contribution in [-0.4, -0.2) is 19.5 Å². The van der Waals surface area contributed by atoms with E-state index in [1.807, 2.05) is 0 Å². The highest BCUT2D eigenvalue weighted by Crippen LogP contribution is 2.45. The van der Waals surface area contributed by atoms with Crippen LogP contribution in [0.5, 0.6) is 0 Å². The van der Waals surface area contributed by atoms with Crippen molar-refractivity contribution in [1.82, 2.24) is 0 Å². The van der Waals surface area contributed by atoms with Crippen LogP contribution in [0.4, 0.5) is 0 Å². The molecule has 0 bridgehead atoms. The number of quaternary nitrogens is 1. The molecule has 0 unspecified atom stereocenters. The molecule has 0 heterocycles. The van der Waals surface area contributed by atoms with E-state index in [4.69, 9.17) is 9.05 Å². The molecule has 70 valence electrons. The summed E-state index contributed by atoms with van der Waals surface area (Å²) < 4.78 is 21.1. The molecule has 0 aromatic heterocycles. The molecule has 0 rings (SSSR count). The molecule has 4 nitrogen and oxygen atoms in total. The lowest BCUT2D eigenvalue weighted by Gasteiger charge is -2.11. The second kappa shape index (κ2) is 7.07. The summed E-state index contributed by atoms with van der Waals surface area (Å²) in [5.41, 5.74) is 3.48. The second-order valence-electron chi connectivity index (χ2n) is 1.67. The maximum Gasteiger partial charge on any atom is 0.384 e. The molecule has 0 saturated heterocycles. The Bertz CT molecular complexity index is 123. The van der Waals surface area contributed by atoms with E-state index in [-0.39, 0.29) is 18.7 Å². The average molecular weight is 204 g/mol. The number of hydrogen-bond donors (Lipinski definition) is 1. The lowest BCUT2D eigenvalue weighted by molar-refractivity contribution is -0.345. The van der Waals surface area contributed by atoms with Gasteiger partial charge in [0, 0.05) is 0 Å². The minimum Gasteiger partial charge on any atom is -1.00 e. The zero-order valence-electron chi connectivity index (χ0n) is 6.88. The first-order chi connectivity index (χ1) is 4.68. The predicted molar refractivity (Wildman–Crippen MR) is 38.6 cm³/mol. The van der Waals surface area contributed by atoms with Gasteiger partial charge in [-0.2, -0.15) is 0 Å². The van der Waals surface area contributed by atoms with E-state index >= 15 is 0 Å². The Morgan fingerprint density at radius 3 is 1.82 bits per heavy atom. The fourth-order valence-electron chi connectivity index (χ4n) is 0.560. The maximum atomic E-state index is 11.3. The molecule has 0 radical (unpaired) electrons. The van der Waals surface area contributed by atoms with Crippen molar-refractivity contribution in [1.29, 1.82) is 0 Å². The van der Waals surface area contributed by atoms with Crippen LogP contribution >= 0.6 is 7.60 Å². The van der Waals surface area contributed by atoms with Crippen molar-refractivity contribution in [3.63, 3.8) is 0 Å². The van der Waals surface area contributed by atoms with Crippen LogP contribution in [0.2, 0.25) is 0 Å². The highest BCUT2D eigenvalue weighted by molar-refractivity contribution is 7.53. The minimum absolute atomic E-state index is 0. The summed E-state index contributed by atoms with van der Waals surface area (Å²) in [7, 11) is -2.81. The van der Waals surface area contributed by atoms with Crippen LogP contribution < -0.4 is 18.1 Å². The van der Waals surface area contributed by atoms with Gasteiger partial charge in [-0.3, -0.25) is 4.57 Å². The SMILES string of the molecule is CCOP(=O)(C[NH3+])OCC.[Cl-]. The van der Waals surface area contributed by atoms with Gasteiger partial charge in [0.25, 0.3) is 0 Å². The molecular weight excluding hydrogens is 188 g/mol. The molecule has 0 saturated carbocycles. The van der Waals surface area contributed by atoms with E-state index in [1.165, 1.54) is 0 Å². The zero-order chi connectivity index (χ0) is 8.04. The third-order valence-electron chi connectivity index (χ3n) is 0.925. The lowest BCUT2D eigenvalue weighted by Crippen LogP contribution is -3.00. The third-order valence-corrected chi connectivity index (χ3v) is 2.78. The molecular formula is C5H15ClNO3P. The fraction of sp³-hybridized carbons (Fsp3) is 1.00. The molecule has 0 aromatic rings. The first-order valence-corrected chi connectivity index (χ1v) is 5.08. The molecule has 0 aliphatic carbocycles. The molecule has 6 heteroatoms. The minimum atomic E-state index is -2.81. The Labute approximate surface area is 73.4 Å². The Balaban J connectivity index is 0. The molecule has 0 aromatic carbocycles. The molecule has 0 aliphatic heterocycles. The van der Waals surface area contributed by atoms with Gasteiger partial charge in [0.1, 0.15) is 0 Å². The van der Waals surface area contributed by atoms with Crippen molar-refractivity contribution in [3.8, 4) is 0 Å². The van der Waals surface area contributed by atoms with Crippen LogP contribution in [0.15, 0.2) is 0 Å². The van der Waals surface area contributed by atoms with Gasteiger partial charge < -0.3 is 27.2 Å². The molecule has 0 fully saturated rings. The van der Waals surface area contributed by atoms with Crippen molar-refractivity contribution in [3.05, 3.63) is 0 Å². The Morgan fingerprint density at radius 2 is 1.64 bits per heavy atom. The molecule has 0 aliphatic rings. The van der Waals surface area contributed by atoms with Crippen molar-refractivity contribution >= 4 is 7.60 Å². The number of rotatable bonds is 5. The van der Waals surface area contributed by atoms with Crippen molar-refractivity contribution in [2.24, 2.45) is 0 Å². The summed E-state index contributed by atoms with van der Waals surface area (Å²) in [6.45, 7) is 4.38. The van der Waals surface area contributed by atoms with Gasteiger partial charge >= 0.3 is 7.60 Å². The van der Waals surface area contributed by atoms with Gasteiger partial charge in [-0.15, -0.1) is 0 Å². The Morgan fingerprint density at radius 1 is 1.27 bits per heavy atom. The van der Waals surface area contributed by atoms with Crippen molar-refractivity contribution in [2.45, 2.75) is 13.8 Å². The Hall–Kier alpha value is 0.400. The molecule has 0 atom stereocenters. The molecule has 0 spiro atoms. The Kier molecular flexibility index (Phi) is 8.97. The largest absolute Gasteiger partial charge is 1.00 e. The highest BCUT2D eigenvalue weighted by Gasteiger charge is 2.22. The van der Waals surface area contributed by atoms with Gasteiger partial charge in [-0.25, -0.2) is 0 Å². The standard InChI is InChI=1S/C5H14NO3P.ClH/c1-3-8-10(7,5-6)9-4-2;/h3-6H2,1-2H3;1H.